The standard InChI is InChI=1S/C16H22N4O5S/c1-10(2)26(23,24)20-6-4-11(5-7-20)19-8-12-14(17-18-15(12)21)13(9-19)16(22)25-3/h8-11H,4-7H2,1-3H3,(H,18,21). The van der Waals surface area contributed by atoms with Crippen LogP contribution in [-0.4, -0.2) is 58.9 Å². The van der Waals surface area contributed by atoms with Crippen LogP contribution in [0, 0.1) is 0 Å². The van der Waals surface area contributed by atoms with E-state index in [4.69, 9.17) is 4.74 Å². The molecule has 0 unspecified atom stereocenters. The molecular weight excluding hydrogens is 360 g/mol. The molecule has 26 heavy (non-hydrogen) atoms. The number of esters is 1. The molecule has 0 aliphatic carbocycles. The van der Waals surface area contributed by atoms with Crippen LogP contribution in [0.4, 0.5) is 0 Å². The van der Waals surface area contributed by atoms with Crippen LogP contribution in [0.1, 0.15) is 43.1 Å². The molecular formula is C16H22N4O5S. The lowest BCUT2D eigenvalue weighted by atomic mass is 10.0. The summed E-state index contributed by atoms with van der Waals surface area (Å²) >= 11 is 0. The number of hydrogen-bond acceptors (Lipinski definition) is 6. The van der Waals surface area contributed by atoms with Gasteiger partial charge in [-0.2, -0.15) is 5.10 Å². The number of ether oxygens (including phenoxy) is 1. The Morgan fingerprint density at radius 1 is 1.31 bits per heavy atom. The number of fused-ring (bicyclic) bond motifs is 1. The van der Waals surface area contributed by atoms with Crippen molar-refractivity contribution in [3.63, 3.8) is 0 Å². The molecule has 3 aliphatic rings. The van der Waals surface area contributed by atoms with Crippen molar-refractivity contribution in [2.45, 2.75) is 38.0 Å². The van der Waals surface area contributed by atoms with Gasteiger partial charge in [0.1, 0.15) is 11.3 Å². The molecule has 1 N–H and O–H groups in total. The summed E-state index contributed by atoms with van der Waals surface area (Å²) < 4.78 is 32.7. The van der Waals surface area contributed by atoms with Gasteiger partial charge in [0, 0.05) is 31.5 Å². The SMILES string of the molecule is COC(=O)c1cn(C2CCN(S(=O)(=O)C(C)C)CC2)cc2c(=O)[nH]nc1-2. The summed E-state index contributed by atoms with van der Waals surface area (Å²) in [4.78, 5) is 24.0. The molecule has 0 radical (unpaired) electrons. The fraction of sp³-hybridized carbons (Fsp3) is 0.562. The number of aromatic nitrogens is 3. The lowest BCUT2D eigenvalue weighted by Gasteiger charge is -2.33. The zero-order chi connectivity index (χ0) is 19.1. The molecule has 3 aliphatic heterocycles. The second kappa shape index (κ2) is 6.84. The van der Waals surface area contributed by atoms with Gasteiger partial charge in [0.15, 0.2) is 0 Å². The predicted molar refractivity (Wildman–Crippen MR) is 94.7 cm³/mol. The minimum Gasteiger partial charge on any atom is -0.465 e. The monoisotopic (exact) mass is 382 g/mol. The first-order chi connectivity index (χ1) is 12.3. The fourth-order valence-corrected chi connectivity index (χ4v) is 4.54. The molecule has 0 bridgehead atoms. The van der Waals surface area contributed by atoms with E-state index in [9.17, 15) is 18.0 Å². The molecule has 0 aromatic heterocycles. The second-order valence-electron chi connectivity index (χ2n) is 6.65. The van der Waals surface area contributed by atoms with Crippen molar-refractivity contribution in [1.82, 2.24) is 19.1 Å². The Kier molecular flexibility index (Phi) is 4.89. The smallest absolute Gasteiger partial charge is 0.341 e. The molecule has 9 nitrogen and oxygen atoms in total. The van der Waals surface area contributed by atoms with Crippen molar-refractivity contribution in [3.8, 4) is 11.3 Å². The van der Waals surface area contributed by atoms with Gasteiger partial charge in [-0.05, 0) is 26.7 Å². The van der Waals surface area contributed by atoms with E-state index in [1.54, 1.807) is 30.8 Å². The van der Waals surface area contributed by atoms with Crippen molar-refractivity contribution in [2.24, 2.45) is 0 Å². The number of carbonyl (C=O) groups is 1. The molecule has 0 atom stereocenters. The van der Waals surface area contributed by atoms with E-state index in [1.807, 2.05) is 0 Å². The van der Waals surface area contributed by atoms with E-state index in [-0.39, 0.29) is 22.9 Å². The Balaban J connectivity index is 1.90. The van der Waals surface area contributed by atoms with E-state index in [1.165, 1.54) is 11.4 Å². The molecule has 0 amide bonds. The third kappa shape index (κ3) is 3.14. The lowest BCUT2D eigenvalue weighted by Crippen LogP contribution is -2.42. The van der Waals surface area contributed by atoms with E-state index in [0.717, 1.165) is 0 Å². The van der Waals surface area contributed by atoms with Crippen LogP contribution >= 0.6 is 0 Å². The minimum absolute atomic E-state index is 0.0179. The van der Waals surface area contributed by atoms with Gasteiger partial charge in [-0.15, -0.1) is 0 Å². The van der Waals surface area contributed by atoms with Crippen molar-refractivity contribution in [1.29, 1.82) is 0 Å². The summed E-state index contributed by atoms with van der Waals surface area (Å²) in [6.45, 7) is 4.14. The van der Waals surface area contributed by atoms with Gasteiger partial charge >= 0.3 is 5.97 Å². The highest BCUT2D eigenvalue weighted by Gasteiger charge is 2.31. The Morgan fingerprint density at radius 2 is 1.96 bits per heavy atom. The molecule has 3 heterocycles. The van der Waals surface area contributed by atoms with Crippen molar-refractivity contribution in [3.05, 3.63) is 28.3 Å². The van der Waals surface area contributed by atoms with Gasteiger partial charge in [-0.3, -0.25) is 4.79 Å². The number of H-pyrrole nitrogens is 1. The molecule has 0 aromatic rings. The first-order valence-electron chi connectivity index (χ1n) is 8.43. The Labute approximate surface area is 151 Å². The van der Waals surface area contributed by atoms with Crippen LogP contribution in [0.2, 0.25) is 0 Å². The van der Waals surface area contributed by atoms with Gasteiger partial charge in [-0.25, -0.2) is 22.6 Å². The molecule has 142 valence electrons. The first-order valence-corrected chi connectivity index (χ1v) is 9.93. The Bertz CT molecular complexity index is 938. The summed E-state index contributed by atoms with van der Waals surface area (Å²) in [6.07, 6.45) is 4.46. The van der Waals surface area contributed by atoms with Crippen LogP contribution < -0.4 is 5.56 Å². The summed E-state index contributed by atoms with van der Waals surface area (Å²) in [5.41, 5.74) is 0.419. The van der Waals surface area contributed by atoms with Gasteiger partial charge in [-0.1, -0.05) is 0 Å². The number of pyridine rings is 1. The number of piperidine rings is 1. The minimum atomic E-state index is -3.28. The highest BCUT2D eigenvalue weighted by Crippen LogP contribution is 2.29. The van der Waals surface area contributed by atoms with Gasteiger partial charge in [0.05, 0.1) is 17.9 Å². The van der Waals surface area contributed by atoms with Gasteiger partial charge in [0.2, 0.25) is 10.0 Å². The summed E-state index contributed by atoms with van der Waals surface area (Å²) in [5, 5.41) is 5.79. The van der Waals surface area contributed by atoms with Gasteiger partial charge < -0.3 is 9.30 Å². The van der Waals surface area contributed by atoms with E-state index >= 15 is 0 Å². The van der Waals surface area contributed by atoms with Crippen molar-refractivity contribution >= 4 is 16.0 Å². The topological polar surface area (TPSA) is 114 Å². The second-order valence-corrected chi connectivity index (χ2v) is 9.14. The number of aromatic amines is 1. The van der Waals surface area contributed by atoms with E-state index in [2.05, 4.69) is 10.2 Å². The predicted octanol–water partition coefficient (Wildman–Crippen LogP) is 0.838. The normalized spacial score (nSPS) is 17.1. The first kappa shape index (κ1) is 18.6. The molecule has 10 heteroatoms. The highest BCUT2D eigenvalue weighted by molar-refractivity contribution is 7.89. The van der Waals surface area contributed by atoms with Crippen LogP contribution in [0.3, 0.4) is 0 Å². The molecule has 0 spiro atoms. The van der Waals surface area contributed by atoms with Crippen LogP contribution in [0.5, 0.6) is 0 Å². The lowest BCUT2D eigenvalue weighted by molar-refractivity contribution is 0.0600. The third-order valence-corrected chi connectivity index (χ3v) is 7.06. The molecule has 1 fully saturated rings. The number of nitrogens with zero attached hydrogens (tertiary/aromatic N) is 3. The number of sulfonamides is 1. The molecule has 0 saturated carbocycles. The Hall–Kier alpha value is -2.20. The van der Waals surface area contributed by atoms with Gasteiger partial charge in [0.25, 0.3) is 5.56 Å². The summed E-state index contributed by atoms with van der Waals surface area (Å²) in [6, 6.07) is -0.0179. The largest absolute Gasteiger partial charge is 0.465 e. The molecule has 0 aromatic carbocycles. The van der Waals surface area contributed by atoms with E-state index < -0.39 is 21.2 Å². The maximum atomic E-state index is 12.3. The number of rotatable bonds is 4. The van der Waals surface area contributed by atoms with Crippen LogP contribution in [0.25, 0.3) is 11.3 Å². The van der Waals surface area contributed by atoms with Crippen LogP contribution in [0.15, 0.2) is 17.2 Å². The number of hydrogen-bond donors (Lipinski definition) is 1. The molecule has 1 saturated heterocycles. The average molecular weight is 382 g/mol. The zero-order valence-corrected chi connectivity index (χ0v) is 15.7. The Morgan fingerprint density at radius 3 is 2.54 bits per heavy atom. The average Bonchev–Trinajstić information content (AvgIpc) is 3.01. The van der Waals surface area contributed by atoms with Crippen molar-refractivity contribution < 1.29 is 17.9 Å². The summed E-state index contributed by atoms with van der Waals surface area (Å²) in [5.74, 6) is -0.573. The maximum absolute atomic E-state index is 12.3. The summed E-state index contributed by atoms with van der Waals surface area (Å²) in [7, 11) is -2.01. The maximum Gasteiger partial charge on any atom is 0.341 e. The van der Waals surface area contributed by atoms with Crippen LogP contribution in [-0.2, 0) is 14.8 Å². The van der Waals surface area contributed by atoms with E-state index in [0.29, 0.717) is 31.5 Å². The number of methoxy groups -OCH3 is 1. The number of carbonyl (C=O) groups excluding carboxylic acids is 1. The highest BCUT2D eigenvalue weighted by atomic mass is 32.2. The number of nitrogens with one attached hydrogen (secondary N) is 1. The third-order valence-electron chi connectivity index (χ3n) is 4.79. The quantitative estimate of drug-likeness (QED) is 0.784. The zero-order valence-electron chi connectivity index (χ0n) is 14.9. The molecule has 3 rings (SSSR count). The fourth-order valence-electron chi connectivity index (χ4n) is 3.22. The van der Waals surface area contributed by atoms with Crippen molar-refractivity contribution in [2.75, 3.05) is 20.2 Å².